The molecule has 4 rings (SSSR count). The van der Waals surface area contributed by atoms with Crippen LogP contribution in [-0.4, -0.2) is 37.1 Å². The van der Waals surface area contributed by atoms with Gasteiger partial charge in [-0.1, -0.05) is 42.5 Å². The molecular weight excluding hydrogens is 286 g/mol. The number of benzene rings is 2. The quantitative estimate of drug-likeness (QED) is 0.794. The summed E-state index contributed by atoms with van der Waals surface area (Å²) in [7, 11) is 3.68. The van der Waals surface area contributed by atoms with Crippen molar-refractivity contribution in [2.75, 3.05) is 14.2 Å². The fourth-order valence-corrected chi connectivity index (χ4v) is 4.71. The maximum atomic E-state index is 12.5. The summed E-state index contributed by atoms with van der Waals surface area (Å²) in [6.07, 6.45) is 3.34. The molecule has 2 aliphatic heterocycles. The lowest BCUT2D eigenvalue weighted by molar-refractivity contribution is -0.150. The second-order valence-electron chi connectivity index (χ2n) is 6.96. The van der Waals surface area contributed by atoms with Gasteiger partial charge in [0.15, 0.2) is 0 Å². The van der Waals surface area contributed by atoms with E-state index in [0.717, 1.165) is 12.8 Å². The van der Waals surface area contributed by atoms with Crippen LogP contribution in [0.25, 0.3) is 10.8 Å². The Labute approximate surface area is 137 Å². The van der Waals surface area contributed by atoms with Crippen LogP contribution in [0.3, 0.4) is 0 Å². The summed E-state index contributed by atoms with van der Waals surface area (Å²) in [5.41, 5.74) is 1.28. The van der Waals surface area contributed by atoms with E-state index < -0.39 is 0 Å². The van der Waals surface area contributed by atoms with Gasteiger partial charge in [0.25, 0.3) is 0 Å². The van der Waals surface area contributed by atoms with Crippen LogP contribution in [0, 0.1) is 5.92 Å². The van der Waals surface area contributed by atoms with Gasteiger partial charge in [-0.05, 0) is 42.6 Å². The molecular formula is C20H23NO2. The summed E-state index contributed by atoms with van der Waals surface area (Å²) in [6.45, 7) is 0. The van der Waals surface area contributed by atoms with Crippen molar-refractivity contribution >= 4 is 16.7 Å². The average molecular weight is 309 g/mol. The molecule has 0 amide bonds. The first-order valence-electron chi connectivity index (χ1n) is 8.47. The van der Waals surface area contributed by atoms with Gasteiger partial charge in [-0.3, -0.25) is 9.69 Å². The fraction of sp³-hybridized carbons (Fsp3) is 0.450. The lowest BCUT2D eigenvalue weighted by Gasteiger charge is -2.41. The molecule has 0 radical (unpaired) electrons. The van der Waals surface area contributed by atoms with Crippen molar-refractivity contribution in [2.24, 2.45) is 5.92 Å². The number of piperidine rings is 1. The Balaban J connectivity index is 1.76. The largest absolute Gasteiger partial charge is 0.469 e. The van der Waals surface area contributed by atoms with Crippen LogP contribution in [0.4, 0.5) is 0 Å². The van der Waals surface area contributed by atoms with Crippen molar-refractivity contribution in [3.05, 3.63) is 48.0 Å². The zero-order valence-corrected chi connectivity index (χ0v) is 13.7. The van der Waals surface area contributed by atoms with Crippen molar-refractivity contribution in [2.45, 2.75) is 37.3 Å². The van der Waals surface area contributed by atoms with Gasteiger partial charge in [0, 0.05) is 18.0 Å². The van der Waals surface area contributed by atoms with Crippen LogP contribution >= 0.6 is 0 Å². The van der Waals surface area contributed by atoms with Crippen LogP contribution in [0.5, 0.6) is 0 Å². The molecule has 0 spiro atoms. The molecule has 3 nitrogen and oxygen atoms in total. The van der Waals surface area contributed by atoms with E-state index in [1.165, 1.54) is 29.9 Å². The summed E-state index contributed by atoms with van der Waals surface area (Å²) in [5, 5.41) is 2.50. The van der Waals surface area contributed by atoms with Crippen LogP contribution in [0.2, 0.25) is 0 Å². The first-order chi connectivity index (χ1) is 11.2. The number of hydrogen-bond donors (Lipinski definition) is 0. The number of methoxy groups -OCH3 is 1. The maximum absolute atomic E-state index is 12.5. The predicted octanol–water partition coefficient (Wildman–Crippen LogP) is 3.58. The van der Waals surface area contributed by atoms with E-state index in [2.05, 4.69) is 54.4 Å². The first-order valence-corrected chi connectivity index (χ1v) is 8.47. The zero-order valence-electron chi connectivity index (χ0n) is 13.7. The van der Waals surface area contributed by atoms with Gasteiger partial charge in [0.1, 0.15) is 0 Å². The molecule has 2 heterocycles. The highest BCUT2D eigenvalue weighted by Gasteiger charge is 2.49. The zero-order chi connectivity index (χ0) is 16.0. The number of nitrogens with zero attached hydrogens (tertiary/aromatic N) is 1. The molecule has 120 valence electrons. The predicted molar refractivity (Wildman–Crippen MR) is 91.4 cm³/mol. The number of rotatable bonds is 2. The molecule has 2 aromatic rings. The minimum absolute atomic E-state index is 0.0510. The average Bonchev–Trinajstić information content (AvgIpc) is 2.83. The Bertz CT molecular complexity index is 741. The summed E-state index contributed by atoms with van der Waals surface area (Å²) >= 11 is 0. The highest BCUT2D eigenvalue weighted by atomic mass is 16.5. The first kappa shape index (κ1) is 14.7. The lowest BCUT2D eigenvalue weighted by atomic mass is 9.76. The number of carbonyl (C=O) groups excluding carboxylic acids is 1. The van der Waals surface area contributed by atoms with Gasteiger partial charge in [0.05, 0.1) is 13.0 Å². The highest BCUT2D eigenvalue weighted by molar-refractivity contribution is 5.83. The van der Waals surface area contributed by atoms with Gasteiger partial charge in [0.2, 0.25) is 0 Å². The molecule has 23 heavy (non-hydrogen) atoms. The maximum Gasteiger partial charge on any atom is 0.310 e. The second-order valence-corrected chi connectivity index (χ2v) is 6.96. The van der Waals surface area contributed by atoms with E-state index in [9.17, 15) is 4.79 Å². The molecule has 2 saturated heterocycles. The molecule has 0 N–H and O–H groups in total. The number of carbonyl (C=O) groups is 1. The Morgan fingerprint density at radius 1 is 1.13 bits per heavy atom. The minimum atomic E-state index is -0.0552. The molecule has 0 aliphatic carbocycles. The van der Waals surface area contributed by atoms with Crippen LogP contribution in [-0.2, 0) is 9.53 Å². The molecule has 4 atom stereocenters. The van der Waals surface area contributed by atoms with E-state index >= 15 is 0 Å². The van der Waals surface area contributed by atoms with Crippen molar-refractivity contribution in [3.63, 3.8) is 0 Å². The number of fused-ring (bicyclic) bond motifs is 3. The molecule has 2 aromatic carbocycles. The van der Waals surface area contributed by atoms with E-state index in [1.807, 2.05) is 0 Å². The van der Waals surface area contributed by atoms with Crippen LogP contribution < -0.4 is 0 Å². The molecule has 0 aromatic heterocycles. The number of hydrogen-bond acceptors (Lipinski definition) is 3. The highest BCUT2D eigenvalue weighted by Crippen LogP contribution is 2.46. The van der Waals surface area contributed by atoms with E-state index in [0.29, 0.717) is 12.1 Å². The Hall–Kier alpha value is -1.87. The molecule has 3 heteroatoms. The topological polar surface area (TPSA) is 29.5 Å². The minimum Gasteiger partial charge on any atom is -0.469 e. The number of ether oxygens (including phenoxy) is 1. The summed E-state index contributed by atoms with van der Waals surface area (Å²) < 4.78 is 5.16. The molecule has 2 bridgehead atoms. The van der Waals surface area contributed by atoms with E-state index in [1.54, 1.807) is 0 Å². The van der Waals surface area contributed by atoms with Crippen LogP contribution in [0.15, 0.2) is 42.5 Å². The van der Waals surface area contributed by atoms with Gasteiger partial charge in [-0.2, -0.15) is 0 Å². The molecule has 0 saturated carbocycles. The van der Waals surface area contributed by atoms with E-state index in [-0.39, 0.29) is 17.8 Å². The van der Waals surface area contributed by atoms with Gasteiger partial charge in [-0.15, -0.1) is 0 Å². The summed E-state index contributed by atoms with van der Waals surface area (Å²) in [5.74, 6) is 0.158. The molecule has 2 fully saturated rings. The summed E-state index contributed by atoms with van der Waals surface area (Å²) in [6, 6.07) is 16.0. The van der Waals surface area contributed by atoms with Gasteiger partial charge in [-0.25, -0.2) is 0 Å². The SMILES string of the molecule is COC(=O)[C@H]1[C@H]2CC[C@@H](C[C@H]1c1ccc3ccccc3c1)N2C. The van der Waals surface area contributed by atoms with Crippen molar-refractivity contribution in [1.82, 2.24) is 4.90 Å². The van der Waals surface area contributed by atoms with Crippen molar-refractivity contribution in [1.29, 1.82) is 0 Å². The van der Waals surface area contributed by atoms with Gasteiger partial charge < -0.3 is 4.74 Å². The third-order valence-corrected chi connectivity index (χ3v) is 5.94. The monoisotopic (exact) mass is 309 g/mol. The second kappa shape index (κ2) is 5.64. The van der Waals surface area contributed by atoms with E-state index in [4.69, 9.17) is 4.74 Å². The number of esters is 1. The third kappa shape index (κ3) is 2.34. The Morgan fingerprint density at radius 2 is 1.91 bits per heavy atom. The summed E-state index contributed by atoms with van der Waals surface area (Å²) in [4.78, 5) is 14.9. The Morgan fingerprint density at radius 3 is 2.70 bits per heavy atom. The van der Waals surface area contributed by atoms with Crippen molar-refractivity contribution in [3.8, 4) is 0 Å². The van der Waals surface area contributed by atoms with Crippen LogP contribution in [0.1, 0.15) is 30.7 Å². The molecule has 2 aliphatic rings. The van der Waals surface area contributed by atoms with Gasteiger partial charge >= 0.3 is 5.97 Å². The smallest absolute Gasteiger partial charge is 0.310 e. The van der Waals surface area contributed by atoms with Crippen molar-refractivity contribution < 1.29 is 9.53 Å². The standard InChI is InChI=1S/C20H23NO2/c1-21-16-9-10-18(21)19(20(22)23-2)17(12-16)15-8-7-13-5-3-4-6-14(13)11-15/h3-8,11,16-19H,9-10,12H2,1-2H3/t16-,17-,18+,19+/m0/s1. The third-order valence-electron chi connectivity index (χ3n) is 5.94. The normalized spacial score (nSPS) is 30.5. The lowest BCUT2D eigenvalue weighted by Crippen LogP contribution is -2.49. The fourth-order valence-electron chi connectivity index (χ4n) is 4.71. The molecule has 0 unspecified atom stereocenters. The Kier molecular flexibility index (Phi) is 3.61.